The molecule has 0 N–H and O–H groups in total. The first kappa shape index (κ1) is 45.5. The Hall–Kier alpha value is -9.12. The minimum Gasteiger partial charge on any atom is -0.453 e. The minimum absolute atomic E-state index is 0.219. The first-order chi connectivity index (χ1) is 37.2. The summed E-state index contributed by atoms with van der Waals surface area (Å²) in [7, 11) is 0. The van der Waals surface area contributed by atoms with Crippen LogP contribution in [0, 0.1) is 13.8 Å². The molecule has 0 fully saturated rings. The van der Waals surface area contributed by atoms with E-state index >= 15 is 0 Å². The molecule has 366 valence electrons. The van der Waals surface area contributed by atoms with Gasteiger partial charge in [0.1, 0.15) is 11.2 Å². The molecule has 0 bridgehead atoms. The maximum atomic E-state index is 7.24. The van der Waals surface area contributed by atoms with Crippen molar-refractivity contribution in [3.8, 4) is 22.3 Å². The van der Waals surface area contributed by atoms with E-state index in [1.54, 1.807) is 0 Å². The van der Waals surface area contributed by atoms with Gasteiger partial charge in [-0.25, -0.2) is 0 Å². The normalized spacial score (nSPS) is 12.1. The van der Waals surface area contributed by atoms with Gasteiger partial charge in [-0.15, -0.1) is 0 Å². The predicted molar refractivity (Wildman–Crippen MR) is 323 cm³/mol. The number of aryl methyl sites for hydroxylation is 2. The number of hydrogen-bond donors (Lipinski definition) is 0. The third-order valence-electron chi connectivity index (χ3n) is 16.0. The van der Waals surface area contributed by atoms with E-state index in [9.17, 15) is 0 Å². The van der Waals surface area contributed by atoms with Crippen LogP contribution in [0.15, 0.2) is 227 Å². The average molecular weight is 981 g/mol. The quantitative estimate of drug-likeness (QED) is 0.128. The summed E-state index contributed by atoms with van der Waals surface area (Å²) in [6.07, 6.45) is 0. The van der Waals surface area contributed by atoms with Crippen molar-refractivity contribution in [3.63, 3.8) is 0 Å². The Balaban J connectivity index is 1.08. The van der Waals surface area contributed by atoms with Crippen LogP contribution in [0.2, 0.25) is 0 Å². The predicted octanol–water partition coefficient (Wildman–Crippen LogP) is 21.5. The molecule has 0 aliphatic rings. The van der Waals surface area contributed by atoms with E-state index in [2.05, 4.69) is 270 Å². The molecule has 2 heterocycles. The maximum absolute atomic E-state index is 7.24. The largest absolute Gasteiger partial charge is 0.453 e. The molecule has 76 heavy (non-hydrogen) atoms. The van der Waals surface area contributed by atoms with Gasteiger partial charge in [-0.1, -0.05) is 210 Å². The lowest BCUT2D eigenvalue weighted by atomic mass is 9.84. The van der Waals surface area contributed by atoms with Gasteiger partial charge in [-0.05, 0) is 117 Å². The lowest BCUT2D eigenvalue weighted by Crippen LogP contribution is -2.14. The van der Waals surface area contributed by atoms with E-state index < -0.39 is 0 Å². The smallest absolute Gasteiger partial charge is 0.159 e. The van der Waals surface area contributed by atoms with E-state index in [-0.39, 0.29) is 11.8 Å². The van der Waals surface area contributed by atoms with Crippen molar-refractivity contribution < 1.29 is 8.83 Å². The number of fused-ring (bicyclic) bond motifs is 6. The fraction of sp³-hybridized carbons (Fsp3) is 0.111. The molecule has 14 aromatic rings. The zero-order valence-electron chi connectivity index (χ0n) is 43.7. The molecular formula is C72H56N2O2. The van der Waals surface area contributed by atoms with Crippen LogP contribution in [-0.4, -0.2) is 0 Å². The summed E-state index contributed by atoms with van der Waals surface area (Å²) in [6.45, 7) is 13.8. The highest BCUT2D eigenvalue weighted by Gasteiger charge is 2.30. The molecule has 0 amide bonds. The molecule has 4 nitrogen and oxygen atoms in total. The lowest BCUT2D eigenvalue weighted by Gasteiger charge is -2.32. The summed E-state index contributed by atoms with van der Waals surface area (Å²) in [4.78, 5) is 4.96. The van der Waals surface area contributed by atoms with Crippen LogP contribution < -0.4 is 9.80 Å². The molecule has 0 aliphatic heterocycles. The Bertz CT molecular complexity index is 4270. The number of furan rings is 2. The highest BCUT2D eigenvalue weighted by molar-refractivity contribution is 6.30. The van der Waals surface area contributed by atoms with Crippen LogP contribution in [0.5, 0.6) is 0 Å². The van der Waals surface area contributed by atoms with Gasteiger partial charge >= 0.3 is 0 Å². The van der Waals surface area contributed by atoms with Gasteiger partial charge in [0.15, 0.2) is 11.2 Å². The van der Waals surface area contributed by atoms with E-state index in [0.717, 1.165) is 100 Å². The molecule has 4 heteroatoms. The van der Waals surface area contributed by atoms with Crippen molar-refractivity contribution >= 4 is 110 Å². The van der Waals surface area contributed by atoms with Crippen molar-refractivity contribution in [1.82, 2.24) is 0 Å². The number of anilines is 6. The van der Waals surface area contributed by atoms with Gasteiger partial charge < -0.3 is 18.6 Å². The number of hydrogen-bond acceptors (Lipinski definition) is 4. The molecule has 12 aromatic carbocycles. The lowest BCUT2D eigenvalue weighted by molar-refractivity contribution is 0.670. The van der Waals surface area contributed by atoms with E-state index in [1.807, 2.05) is 0 Å². The highest BCUT2D eigenvalue weighted by Crippen LogP contribution is 2.54. The summed E-state index contributed by atoms with van der Waals surface area (Å²) < 4.78 is 14.5. The third-order valence-corrected chi connectivity index (χ3v) is 16.0. The Kier molecular flexibility index (Phi) is 10.6. The van der Waals surface area contributed by atoms with Crippen molar-refractivity contribution in [3.05, 3.63) is 241 Å². The molecule has 0 aliphatic carbocycles. The minimum atomic E-state index is 0.219. The maximum Gasteiger partial charge on any atom is 0.159 e. The van der Waals surface area contributed by atoms with Gasteiger partial charge in [-0.2, -0.15) is 0 Å². The number of rotatable bonds is 10. The van der Waals surface area contributed by atoms with Crippen LogP contribution in [0.4, 0.5) is 34.1 Å². The molecule has 0 saturated heterocycles. The average Bonchev–Trinajstić information content (AvgIpc) is 4.10. The summed E-state index contributed by atoms with van der Waals surface area (Å²) >= 11 is 0. The summed E-state index contributed by atoms with van der Waals surface area (Å²) in [6, 6.07) is 79.6. The van der Waals surface area contributed by atoms with Crippen LogP contribution in [-0.2, 0) is 0 Å². The Morgan fingerprint density at radius 2 is 0.632 bits per heavy atom. The standard InChI is InChI=1S/C72H56N2O2/c1-43(2)59-41-65(73(61-33-15-13-21-45(61)5)63-35-19-31-55-53-29-17-27-49(69(53)75-71(55)63)47-23-9-7-10-24-47)57-40-38-52-60(44(3)4)42-66(58-39-37-51(59)67(57)68(52)58)74(62-34-16-14-22-46(62)6)64-36-20-32-56-54-30-18-28-50(70(54)76-72(56)64)48-25-11-8-12-26-48/h7-44H,1-6H3. The molecule has 0 unspecified atom stereocenters. The molecular weight excluding hydrogens is 925 g/mol. The molecule has 0 saturated carbocycles. The third kappa shape index (κ3) is 6.97. The van der Waals surface area contributed by atoms with Crippen LogP contribution >= 0.6 is 0 Å². The zero-order chi connectivity index (χ0) is 51.3. The number of benzene rings is 12. The monoisotopic (exact) mass is 980 g/mol. The molecule has 0 radical (unpaired) electrons. The van der Waals surface area contributed by atoms with Gasteiger partial charge in [0.25, 0.3) is 0 Å². The van der Waals surface area contributed by atoms with Crippen molar-refractivity contribution in [2.24, 2.45) is 0 Å². The molecule has 2 aromatic heterocycles. The first-order valence-electron chi connectivity index (χ1n) is 26.7. The van der Waals surface area contributed by atoms with Crippen molar-refractivity contribution in [1.29, 1.82) is 0 Å². The SMILES string of the molecule is Cc1ccccc1N(c1cc(C(C)C)c2ccc3c(N(c4ccccc4C)c4cccc5c4oc4c(-c6ccccc6)cccc45)cc(C(C)C)c4ccc1c2c43)c1cccc2c1oc1c(-c3ccccc3)cccc12. The topological polar surface area (TPSA) is 32.8 Å². The van der Waals surface area contributed by atoms with Gasteiger partial charge in [-0.3, -0.25) is 0 Å². The van der Waals surface area contributed by atoms with Gasteiger partial charge in [0, 0.05) is 54.8 Å². The Morgan fingerprint density at radius 1 is 0.289 bits per heavy atom. The van der Waals surface area contributed by atoms with E-state index in [0.29, 0.717) is 0 Å². The molecule has 0 spiro atoms. The van der Waals surface area contributed by atoms with E-state index in [1.165, 1.54) is 54.6 Å². The zero-order valence-corrected chi connectivity index (χ0v) is 43.7. The van der Waals surface area contributed by atoms with Crippen LogP contribution in [0.1, 0.15) is 61.8 Å². The summed E-state index contributed by atoms with van der Waals surface area (Å²) in [5.41, 5.74) is 19.3. The van der Waals surface area contributed by atoms with Crippen LogP contribution in [0.3, 0.4) is 0 Å². The number of para-hydroxylation sites is 6. The molecule has 0 atom stereocenters. The van der Waals surface area contributed by atoms with Gasteiger partial charge in [0.2, 0.25) is 0 Å². The highest BCUT2D eigenvalue weighted by atomic mass is 16.3. The van der Waals surface area contributed by atoms with Gasteiger partial charge in [0.05, 0.1) is 22.7 Å². The Morgan fingerprint density at radius 3 is 1.03 bits per heavy atom. The van der Waals surface area contributed by atoms with Crippen LogP contribution in [0.25, 0.3) is 98.4 Å². The summed E-state index contributed by atoms with van der Waals surface area (Å²) in [5.74, 6) is 0.438. The van der Waals surface area contributed by atoms with E-state index in [4.69, 9.17) is 8.83 Å². The fourth-order valence-electron chi connectivity index (χ4n) is 12.4. The van der Waals surface area contributed by atoms with Crippen molar-refractivity contribution in [2.45, 2.75) is 53.4 Å². The summed E-state index contributed by atoms with van der Waals surface area (Å²) in [5, 5.41) is 11.8. The second-order valence-corrected chi connectivity index (χ2v) is 21.2. The molecule has 14 rings (SSSR count). The van der Waals surface area contributed by atoms with Crippen molar-refractivity contribution in [2.75, 3.05) is 9.80 Å². The Labute approximate surface area is 443 Å². The first-order valence-corrected chi connectivity index (χ1v) is 26.7. The second-order valence-electron chi connectivity index (χ2n) is 21.2. The fourth-order valence-corrected chi connectivity index (χ4v) is 12.4. The number of nitrogens with zero attached hydrogens (tertiary/aromatic N) is 2. The second kappa shape index (κ2) is 17.8.